The number of furan rings is 4. The Morgan fingerprint density at radius 2 is 0.905 bits per heavy atom. The average Bonchev–Trinajstić information content (AvgIpc) is 4.24. The summed E-state index contributed by atoms with van der Waals surface area (Å²) >= 11 is 0. The second-order valence-corrected chi connectivity index (χ2v) is 21.6. The van der Waals surface area contributed by atoms with Crippen molar-refractivity contribution >= 4 is 113 Å². The summed E-state index contributed by atoms with van der Waals surface area (Å²) in [6.07, 6.45) is 13.7. The maximum absolute atomic E-state index is 6.70. The summed E-state index contributed by atoms with van der Waals surface area (Å²) in [4.78, 5) is 9.07. The predicted molar refractivity (Wildman–Crippen MR) is 339 cm³/mol. The molecule has 0 saturated carbocycles. The maximum atomic E-state index is 6.70. The maximum Gasteiger partial charge on any atom is 0.138 e. The summed E-state index contributed by atoms with van der Waals surface area (Å²) in [6.45, 7) is 2.07. The lowest BCUT2D eigenvalue weighted by atomic mass is 9.96. The number of anilines is 6. The van der Waals surface area contributed by atoms with Gasteiger partial charge in [0, 0.05) is 146 Å². The second kappa shape index (κ2) is 19.2. The van der Waals surface area contributed by atoms with E-state index in [2.05, 4.69) is 237 Å². The van der Waals surface area contributed by atoms with Gasteiger partial charge in [0.05, 0.1) is 5.69 Å². The van der Waals surface area contributed by atoms with Crippen molar-refractivity contribution in [3.8, 4) is 33.4 Å². The first-order chi connectivity index (χ1) is 41.6. The molecule has 0 fully saturated rings. The molecule has 0 bridgehead atoms. The third-order valence-corrected chi connectivity index (χ3v) is 16.8. The fourth-order valence-electron chi connectivity index (χ4n) is 12.6. The Morgan fingerprint density at radius 3 is 1.67 bits per heavy atom. The Hall–Kier alpha value is -11.2. The van der Waals surface area contributed by atoms with Gasteiger partial charge in [-0.3, -0.25) is 4.98 Å². The molecule has 84 heavy (non-hydrogen) atoms. The number of pyridine rings is 1. The molecule has 0 saturated heterocycles. The molecule has 0 spiro atoms. The molecule has 14 aromatic rings. The van der Waals surface area contributed by atoms with Gasteiger partial charge in [-0.1, -0.05) is 103 Å². The Labute approximate surface area is 482 Å². The third kappa shape index (κ3) is 7.98. The lowest BCUT2D eigenvalue weighted by Gasteiger charge is -2.28. The molecule has 3 aliphatic rings. The van der Waals surface area contributed by atoms with Gasteiger partial charge in [0.15, 0.2) is 0 Å². The minimum atomic E-state index is 0.611. The van der Waals surface area contributed by atoms with Gasteiger partial charge in [0.25, 0.3) is 0 Å². The smallest absolute Gasteiger partial charge is 0.138 e. The van der Waals surface area contributed by atoms with E-state index >= 15 is 0 Å². The van der Waals surface area contributed by atoms with E-state index in [0.717, 1.165) is 170 Å². The van der Waals surface area contributed by atoms with Crippen molar-refractivity contribution in [3.63, 3.8) is 0 Å². The highest BCUT2D eigenvalue weighted by molar-refractivity contribution is 6.07. The highest BCUT2D eigenvalue weighted by Crippen LogP contribution is 2.46. The number of aromatic nitrogens is 1. The summed E-state index contributed by atoms with van der Waals surface area (Å²) < 4.78 is 25.9. The third-order valence-electron chi connectivity index (χ3n) is 16.8. The van der Waals surface area contributed by atoms with Crippen LogP contribution < -0.4 is 25.8 Å². The Balaban J connectivity index is 0.690. The molecule has 3 N–H and O–H groups in total. The van der Waals surface area contributed by atoms with Crippen molar-refractivity contribution in [2.75, 3.05) is 9.80 Å². The molecule has 0 amide bonds. The number of hydrogen-bond donors (Lipinski definition) is 3. The molecule has 0 unspecified atom stereocenters. The zero-order chi connectivity index (χ0) is 55.2. The molecule has 400 valence electrons. The van der Waals surface area contributed by atoms with Crippen molar-refractivity contribution in [2.24, 2.45) is 0 Å². The van der Waals surface area contributed by atoms with Crippen LogP contribution >= 0.6 is 0 Å². The van der Waals surface area contributed by atoms with Crippen LogP contribution in [0.25, 0.3) is 112 Å². The SMILES string of the molecule is C1=Cc2oc3cc(N(c4ccc(-c5ccccc5)cc4)c4ccc5oc6c(c5c4)CNC(c4cccc(-c5ccc(-c7ccccc7N(c7ccc8c9c(oc8c7)C=CNC9)c7ccc8oc9ccncc9c8c7)cc5)c4)=C6)ccc3c2CN1. The molecule has 0 radical (unpaired) electrons. The van der Waals surface area contributed by atoms with Crippen LogP contribution in [0.4, 0.5) is 34.1 Å². The summed E-state index contributed by atoms with van der Waals surface area (Å²) in [5.74, 6) is 2.64. The van der Waals surface area contributed by atoms with E-state index in [0.29, 0.717) is 6.54 Å². The Bertz CT molecular complexity index is 5040. The molecule has 17 rings (SSSR count). The summed E-state index contributed by atoms with van der Waals surface area (Å²) in [5, 5.41) is 15.7. The van der Waals surface area contributed by atoms with Crippen molar-refractivity contribution in [1.82, 2.24) is 20.9 Å². The zero-order valence-corrected chi connectivity index (χ0v) is 45.3. The Morgan fingerprint density at radius 1 is 0.357 bits per heavy atom. The standard InChI is InChI=1S/C74H50N6O4/c1-2-7-45(8-3-1)46-17-19-51(20-18-46)79(54-21-25-57-61-41-75-32-29-69(61)83-72(57)38-54)52-23-27-68-60(36-52)64-44-78-65(40-74(64)82-68)50-10-6-9-49(35-50)47-13-15-48(16-14-47)56-11-4-5-12-66(56)80(53-24-28-67-59(37-53)63-43-77-34-31-71(63)81-67)55-22-26-58-62-42-76-33-30-70(62)84-73(58)39-55/h1-40,43,75-76,78H,41-42,44H2. The monoisotopic (exact) mass is 1090 g/mol. The van der Waals surface area contributed by atoms with E-state index < -0.39 is 0 Å². The van der Waals surface area contributed by atoms with Gasteiger partial charge in [0.1, 0.15) is 45.2 Å². The lowest BCUT2D eigenvalue weighted by Crippen LogP contribution is -2.16. The van der Waals surface area contributed by atoms with Gasteiger partial charge in [-0.15, -0.1) is 0 Å². The number of nitrogens with zero attached hydrogens (tertiary/aromatic N) is 3. The van der Waals surface area contributed by atoms with Crippen LogP contribution in [0, 0.1) is 0 Å². The minimum Gasteiger partial charge on any atom is -0.456 e. The highest BCUT2D eigenvalue weighted by Gasteiger charge is 2.25. The molecule has 10 nitrogen and oxygen atoms in total. The average molecular weight is 1090 g/mol. The van der Waals surface area contributed by atoms with Crippen LogP contribution in [0.2, 0.25) is 0 Å². The fraction of sp³-hybridized carbons (Fsp3) is 0.0405. The number of para-hydroxylation sites is 1. The summed E-state index contributed by atoms with van der Waals surface area (Å²) in [7, 11) is 0. The second-order valence-electron chi connectivity index (χ2n) is 21.6. The topological polar surface area (TPSA) is 108 Å². The number of fused-ring (bicyclic) bond motifs is 12. The molecular weight excluding hydrogens is 1040 g/mol. The Kier molecular flexibility index (Phi) is 10.9. The molecule has 0 atom stereocenters. The first kappa shape index (κ1) is 47.6. The summed E-state index contributed by atoms with van der Waals surface area (Å²) in [6, 6.07) is 73.4. The van der Waals surface area contributed by atoms with Crippen molar-refractivity contribution in [2.45, 2.75) is 19.6 Å². The van der Waals surface area contributed by atoms with E-state index in [1.807, 2.05) is 36.8 Å². The van der Waals surface area contributed by atoms with E-state index in [-0.39, 0.29) is 0 Å². The minimum absolute atomic E-state index is 0.611. The quantitative estimate of drug-likeness (QED) is 0.123. The zero-order valence-electron chi connectivity index (χ0n) is 45.3. The molecule has 9 aromatic carbocycles. The summed E-state index contributed by atoms with van der Waals surface area (Å²) in [5.41, 5.74) is 22.5. The number of hydrogen-bond acceptors (Lipinski definition) is 10. The van der Waals surface area contributed by atoms with Gasteiger partial charge in [0.2, 0.25) is 0 Å². The van der Waals surface area contributed by atoms with Gasteiger partial charge >= 0.3 is 0 Å². The number of benzene rings is 9. The van der Waals surface area contributed by atoms with Gasteiger partial charge in [-0.05, 0) is 137 Å². The largest absolute Gasteiger partial charge is 0.456 e. The lowest BCUT2D eigenvalue weighted by molar-refractivity contribution is 0.591. The normalized spacial score (nSPS) is 13.4. The van der Waals surface area contributed by atoms with E-state index in [4.69, 9.17) is 17.7 Å². The number of rotatable bonds is 10. The van der Waals surface area contributed by atoms with Crippen LogP contribution in [0.15, 0.2) is 249 Å². The number of nitrogens with one attached hydrogen (secondary N) is 3. The van der Waals surface area contributed by atoms with Gasteiger partial charge < -0.3 is 43.4 Å². The molecule has 0 aliphatic carbocycles. The van der Waals surface area contributed by atoms with Crippen LogP contribution in [0.1, 0.15) is 39.5 Å². The first-order valence-corrected chi connectivity index (χ1v) is 28.3. The van der Waals surface area contributed by atoms with E-state index in [1.54, 1.807) is 6.20 Å². The molecule has 10 heteroatoms. The van der Waals surface area contributed by atoms with Crippen LogP contribution in [0.5, 0.6) is 0 Å². The van der Waals surface area contributed by atoms with Crippen molar-refractivity contribution < 1.29 is 17.7 Å². The molecule has 8 heterocycles. The van der Waals surface area contributed by atoms with E-state index in [9.17, 15) is 0 Å². The van der Waals surface area contributed by atoms with Crippen LogP contribution in [-0.2, 0) is 19.6 Å². The van der Waals surface area contributed by atoms with Gasteiger partial charge in [-0.25, -0.2) is 0 Å². The van der Waals surface area contributed by atoms with Crippen LogP contribution in [0.3, 0.4) is 0 Å². The van der Waals surface area contributed by atoms with Crippen molar-refractivity contribution in [1.29, 1.82) is 0 Å². The highest BCUT2D eigenvalue weighted by atomic mass is 16.3. The molecule has 3 aliphatic heterocycles. The molecular formula is C74H50N6O4. The van der Waals surface area contributed by atoms with Crippen LogP contribution in [-0.4, -0.2) is 4.98 Å². The first-order valence-electron chi connectivity index (χ1n) is 28.3. The van der Waals surface area contributed by atoms with Gasteiger partial charge in [-0.2, -0.15) is 0 Å². The molecule has 5 aromatic heterocycles. The fourth-order valence-corrected chi connectivity index (χ4v) is 12.6. The van der Waals surface area contributed by atoms with Crippen molar-refractivity contribution in [3.05, 3.63) is 271 Å². The predicted octanol–water partition coefficient (Wildman–Crippen LogP) is 18.9. The van der Waals surface area contributed by atoms with E-state index in [1.165, 1.54) is 11.1 Å².